The summed E-state index contributed by atoms with van der Waals surface area (Å²) in [6.07, 6.45) is 3.37. The van der Waals surface area contributed by atoms with Crippen LogP contribution in [0.3, 0.4) is 0 Å². The fourth-order valence-electron chi connectivity index (χ4n) is 4.35. The summed E-state index contributed by atoms with van der Waals surface area (Å²) in [5.41, 5.74) is 3.74. The minimum atomic E-state index is -0.261. The number of hydrogen-bond acceptors (Lipinski definition) is 3. The molecule has 0 radical (unpaired) electrons. The second-order valence-electron chi connectivity index (χ2n) is 8.74. The van der Waals surface area contributed by atoms with E-state index in [1.807, 2.05) is 63.2 Å². The fraction of sp³-hybridized carbons (Fsp3) is 0.296. The first kappa shape index (κ1) is 23.8. The van der Waals surface area contributed by atoms with Gasteiger partial charge in [-0.3, -0.25) is 9.59 Å². The van der Waals surface area contributed by atoms with Crippen LogP contribution in [0.25, 0.3) is 10.8 Å². The number of carbonyl (C=O) groups is 1. The molecule has 0 spiro atoms. The number of amides is 1. The molecule has 0 aliphatic heterocycles. The van der Waals surface area contributed by atoms with Crippen molar-refractivity contribution in [3.05, 3.63) is 98.7 Å². The Bertz CT molecular complexity index is 1370. The van der Waals surface area contributed by atoms with Gasteiger partial charge in [0.2, 0.25) is 5.91 Å². The molecule has 176 valence electrons. The maximum absolute atomic E-state index is 13.2. The Balaban J connectivity index is 1.49. The maximum Gasteiger partial charge on any atom is 0.276 e. The fourth-order valence-corrected chi connectivity index (χ4v) is 4.54. The summed E-state index contributed by atoms with van der Waals surface area (Å²) >= 11 is 6.35. The van der Waals surface area contributed by atoms with Gasteiger partial charge in [-0.05, 0) is 50.8 Å². The molecule has 7 heteroatoms. The van der Waals surface area contributed by atoms with Gasteiger partial charge in [-0.25, -0.2) is 4.68 Å². The summed E-state index contributed by atoms with van der Waals surface area (Å²) in [5, 5.41) is 9.35. The molecular formula is C27H29ClN4O2. The predicted molar refractivity (Wildman–Crippen MR) is 136 cm³/mol. The molecule has 1 amide bonds. The minimum Gasteiger partial charge on any atom is -0.352 e. The van der Waals surface area contributed by atoms with Crippen LogP contribution in [0, 0.1) is 13.8 Å². The number of nitrogens with zero attached hydrogens (tertiary/aromatic N) is 3. The van der Waals surface area contributed by atoms with E-state index in [0.717, 1.165) is 35.2 Å². The van der Waals surface area contributed by atoms with Gasteiger partial charge in [0.05, 0.1) is 11.6 Å². The van der Waals surface area contributed by atoms with E-state index in [4.69, 9.17) is 11.6 Å². The average molecular weight is 477 g/mol. The third kappa shape index (κ3) is 5.07. The molecule has 2 aromatic carbocycles. The van der Waals surface area contributed by atoms with Crippen molar-refractivity contribution < 1.29 is 4.79 Å². The van der Waals surface area contributed by atoms with Crippen molar-refractivity contribution >= 4 is 28.3 Å². The molecule has 2 aromatic heterocycles. The molecule has 0 aliphatic carbocycles. The Hall–Kier alpha value is -3.38. The van der Waals surface area contributed by atoms with Crippen LogP contribution in [0.15, 0.2) is 65.6 Å². The van der Waals surface area contributed by atoms with Gasteiger partial charge >= 0.3 is 0 Å². The number of fused-ring (bicyclic) bond motifs is 1. The van der Waals surface area contributed by atoms with Gasteiger partial charge in [0.25, 0.3) is 5.56 Å². The van der Waals surface area contributed by atoms with Gasteiger partial charge in [-0.15, -0.1) is 0 Å². The smallest absolute Gasteiger partial charge is 0.276 e. The number of halogens is 1. The number of aryl methyl sites for hydroxylation is 3. The Morgan fingerprint density at radius 2 is 1.76 bits per heavy atom. The van der Waals surface area contributed by atoms with Crippen LogP contribution < -0.4 is 10.9 Å². The zero-order valence-corrected chi connectivity index (χ0v) is 20.5. The molecule has 1 atom stereocenters. The second kappa shape index (κ2) is 10.3. The monoisotopic (exact) mass is 476 g/mol. The first-order valence-electron chi connectivity index (χ1n) is 11.5. The predicted octanol–water partition coefficient (Wildman–Crippen LogP) is 4.65. The number of hydrogen-bond donors (Lipinski definition) is 1. The van der Waals surface area contributed by atoms with Crippen LogP contribution in [0.2, 0.25) is 5.02 Å². The van der Waals surface area contributed by atoms with Crippen LogP contribution in [0.5, 0.6) is 0 Å². The summed E-state index contributed by atoms with van der Waals surface area (Å²) in [4.78, 5) is 25.9. The molecular weight excluding hydrogens is 448 g/mol. The number of carbonyl (C=O) groups excluding carboxylic acids is 1. The van der Waals surface area contributed by atoms with E-state index < -0.39 is 0 Å². The van der Waals surface area contributed by atoms with E-state index in [0.29, 0.717) is 17.0 Å². The van der Waals surface area contributed by atoms with E-state index in [-0.39, 0.29) is 24.1 Å². The lowest BCUT2D eigenvalue weighted by molar-refractivity contribution is -0.122. The molecule has 2 heterocycles. The third-order valence-electron chi connectivity index (χ3n) is 6.30. The largest absolute Gasteiger partial charge is 0.352 e. The van der Waals surface area contributed by atoms with Gasteiger partial charge in [0.1, 0.15) is 6.54 Å². The lowest BCUT2D eigenvalue weighted by atomic mass is 10.1. The van der Waals surface area contributed by atoms with Crippen LogP contribution >= 0.6 is 11.6 Å². The summed E-state index contributed by atoms with van der Waals surface area (Å²) < 4.78 is 3.32. The van der Waals surface area contributed by atoms with Gasteiger partial charge in [0, 0.05) is 34.4 Å². The number of aromatic nitrogens is 3. The van der Waals surface area contributed by atoms with Gasteiger partial charge in [0.15, 0.2) is 0 Å². The lowest BCUT2D eigenvalue weighted by Gasteiger charge is -2.14. The SMILES string of the molecule is Cc1c2cnn(CC(=O)N[C@@H](C)CCc3ccccc3)c(=O)c2c(C)n1Cc1ccccc1Cl. The first-order valence-corrected chi connectivity index (χ1v) is 11.8. The molecule has 0 aliphatic rings. The highest BCUT2D eigenvalue weighted by Crippen LogP contribution is 2.25. The maximum atomic E-state index is 13.2. The summed E-state index contributed by atoms with van der Waals surface area (Å²) in [7, 11) is 0. The lowest BCUT2D eigenvalue weighted by Crippen LogP contribution is -2.38. The first-order chi connectivity index (χ1) is 16.3. The molecule has 0 unspecified atom stereocenters. The van der Waals surface area contributed by atoms with E-state index in [1.165, 1.54) is 10.2 Å². The number of nitrogens with one attached hydrogen (secondary N) is 1. The van der Waals surface area contributed by atoms with Crippen LogP contribution in [0.1, 0.15) is 35.9 Å². The highest BCUT2D eigenvalue weighted by atomic mass is 35.5. The molecule has 0 fully saturated rings. The molecule has 34 heavy (non-hydrogen) atoms. The van der Waals surface area contributed by atoms with Crippen molar-refractivity contribution in [1.82, 2.24) is 19.7 Å². The Morgan fingerprint density at radius 1 is 1.06 bits per heavy atom. The summed E-state index contributed by atoms with van der Waals surface area (Å²) in [6, 6.07) is 17.8. The Labute approximate surface area is 204 Å². The molecule has 4 rings (SSSR count). The normalized spacial score (nSPS) is 12.1. The molecule has 0 saturated carbocycles. The summed E-state index contributed by atoms with van der Waals surface area (Å²) in [5.74, 6) is -0.223. The van der Waals surface area contributed by atoms with E-state index in [2.05, 4.69) is 27.1 Å². The van der Waals surface area contributed by atoms with Crippen molar-refractivity contribution in [2.45, 2.75) is 52.7 Å². The summed E-state index contributed by atoms with van der Waals surface area (Å²) in [6.45, 7) is 6.31. The third-order valence-corrected chi connectivity index (χ3v) is 6.67. The Morgan fingerprint density at radius 3 is 2.50 bits per heavy atom. The molecule has 6 nitrogen and oxygen atoms in total. The molecule has 0 bridgehead atoms. The van der Waals surface area contributed by atoms with Crippen molar-refractivity contribution in [2.24, 2.45) is 0 Å². The van der Waals surface area contributed by atoms with Crippen LogP contribution in [-0.4, -0.2) is 26.3 Å². The highest BCUT2D eigenvalue weighted by molar-refractivity contribution is 6.31. The number of rotatable bonds is 8. The zero-order chi connectivity index (χ0) is 24.2. The van der Waals surface area contributed by atoms with Crippen molar-refractivity contribution in [3.8, 4) is 0 Å². The molecule has 0 saturated heterocycles. The van der Waals surface area contributed by atoms with Gasteiger partial charge < -0.3 is 9.88 Å². The number of benzene rings is 2. The quantitative estimate of drug-likeness (QED) is 0.402. The Kier molecular flexibility index (Phi) is 7.17. The van der Waals surface area contributed by atoms with Crippen molar-refractivity contribution in [3.63, 3.8) is 0 Å². The van der Waals surface area contributed by atoms with Crippen LogP contribution in [-0.2, 0) is 24.3 Å². The van der Waals surface area contributed by atoms with Crippen molar-refractivity contribution in [1.29, 1.82) is 0 Å². The van der Waals surface area contributed by atoms with Crippen LogP contribution in [0.4, 0.5) is 0 Å². The van der Waals surface area contributed by atoms with Gasteiger partial charge in [-0.2, -0.15) is 5.10 Å². The average Bonchev–Trinajstić information content (AvgIpc) is 3.06. The van der Waals surface area contributed by atoms with E-state index >= 15 is 0 Å². The minimum absolute atomic E-state index is 0.00664. The standard InChI is InChI=1S/C27H29ClN4O2/c1-18(13-14-21-9-5-4-6-10-21)30-25(33)17-32-27(34)26-20(3)31(19(2)23(26)15-29-32)16-22-11-7-8-12-24(22)28/h4-12,15,18H,13-14,16-17H2,1-3H3,(H,30,33)/t18-/m0/s1. The second-order valence-corrected chi connectivity index (χ2v) is 9.14. The van der Waals surface area contributed by atoms with Gasteiger partial charge in [-0.1, -0.05) is 60.1 Å². The van der Waals surface area contributed by atoms with E-state index in [9.17, 15) is 9.59 Å². The zero-order valence-electron chi connectivity index (χ0n) is 19.7. The van der Waals surface area contributed by atoms with E-state index in [1.54, 1.807) is 6.20 Å². The van der Waals surface area contributed by atoms with Crippen molar-refractivity contribution in [2.75, 3.05) is 0 Å². The topological polar surface area (TPSA) is 68.9 Å². The molecule has 1 N–H and O–H groups in total. The highest BCUT2D eigenvalue weighted by Gasteiger charge is 2.18. The molecule has 4 aromatic rings.